The van der Waals surface area contributed by atoms with E-state index in [1.54, 1.807) is 0 Å². The molecule has 94 valence electrons. The van der Waals surface area contributed by atoms with E-state index in [1.807, 2.05) is 0 Å². The van der Waals surface area contributed by atoms with Crippen LogP contribution >= 0.6 is 0 Å². The van der Waals surface area contributed by atoms with Crippen molar-refractivity contribution in [1.29, 1.82) is 0 Å². The fraction of sp³-hybridized carbons (Fsp3) is 0.857. The molecule has 0 spiro atoms. The lowest BCUT2D eigenvalue weighted by atomic mass is 10.1. The molecule has 0 rings (SSSR count). The minimum absolute atomic E-state index is 0.311. The van der Waals surface area contributed by atoms with Gasteiger partial charge in [-0.05, 0) is 36.9 Å². The average molecular weight is 240 g/mol. The number of hydrogen-bond donors (Lipinski definition) is 0. The van der Waals surface area contributed by atoms with Crippen LogP contribution < -0.4 is 0 Å². The molecular formula is C14H28OSi. The number of terminal acetylenes is 1. The zero-order valence-corrected chi connectivity index (χ0v) is 12.9. The largest absolute Gasteiger partial charge is 0.417 e. The van der Waals surface area contributed by atoms with Gasteiger partial charge in [0.1, 0.15) is 0 Å². The SMILES string of the molecule is C#CCCCC(C)CO[Si](C)(C)C(C)(C)C. The summed E-state index contributed by atoms with van der Waals surface area (Å²) in [6, 6.07) is 0. The molecule has 0 aliphatic rings. The highest BCUT2D eigenvalue weighted by Crippen LogP contribution is 2.36. The van der Waals surface area contributed by atoms with E-state index in [1.165, 1.54) is 6.42 Å². The van der Waals surface area contributed by atoms with Gasteiger partial charge in [0.05, 0.1) is 0 Å². The minimum atomic E-state index is -1.56. The lowest BCUT2D eigenvalue weighted by molar-refractivity contribution is 0.229. The van der Waals surface area contributed by atoms with Crippen LogP contribution in [-0.2, 0) is 4.43 Å². The van der Waals surface area contributed by atoms with Gasteiger partial charge in [-0.15, -0.1) is 12.3 Å². The maximum atomic E-state index is 6.17. The zero-order valence-electron chi connectivity index (χ0n) is 11.9. The van der Waals surface area contributed by atoms with Crippen molar-refractivity contribution in [2.24, 2.45) is 5.92 Å². The molecule has 0 amide bonds. The maximum absolute atomic E-state index is 6.17. The van der Waals surface area contributed by atoms with Gasteiger partial charge in [-0.1, -0.05) is 27.7 Å². The van der Waals surface area contributed by atoms with Gasteiger partial charge in [0.15, 0.2) is 8.32 Å². The summed E-state index contributed by atoms with van der Waals surface area (Å²) in [6.45, 7) is 14.6. The first kappa shape index (κ1) is 15.7. The maximum Gasteiger partial charge on any atom is 0.191 e. The Labute approximate surface area is 103 Å². The van der Waals surface area contributed by atoms with Crippen LogP contribution in [0.1, 0.15) is 47.0 Å². The van der Waals surface area contributed by atoms with Gasteiger partial charge in [0, 0.05) is 13.0 Å². The third-order valence-electron chi connectivity index (χ3n) is 3.55. The molecule has 0 aromatic heterocycles. The van der Waals surface area contributed by atoms with Crippen LogP contribution in [0.25, 0.3) is 0 Å². The predicted octanol–water partition coefficient (Wildman–Crippen LogP) is 4.45. The van der Waals surface area contributed by atoms with Crippen molar-refractivity contribution < 1.29 is 4.43 Å². The average Bonchev–Trinajstić information content (AvgIpc) is 2.13. The van der Waals surface area contributed by atoms with Crippen LogP contribution in [0.15, 0.2) is 0 Å². The quantitative estimate of drug-likeness (QED) is 0.379. The molecule has 2 heteroatoms. The smallest absolute Gasteiger partial charge is 0.191 e. The summed E-state index contributed by atoms with van der Waals surface area (Å²) in [6.07, 6.45) is 8.44. The Balaban J connectivity index is 3.92. The topological polar surface area (TPSA) is 9.23 Å². The van der Waals surface area contributed by atoms with Crippen molar-refractivity contribution in [3.05, 3.63) is 0 Å². The monoisotopic (exact) mass is 240 g/mol. The second-order valence-corrected chi connectivity index (χ2v) is 11.1. The highest BCUT2D eigenvalue weighted by Gasteiger charge is 2.37. The summed E-state index contributed by atoms with van der Waals surface area (Å²) < 4.78 is 6.17. The third-order valence-corrected chi connectivity index (χ3v) is 8.05. The first-order valence-electron chi connectivity index (χ1n) is 6.28. The van der Waals surface area contributed by atoms with Gasteiger partial charge in [0.25, 0.3) is 0 Å². The van der Waals surface area contributed by atoms with E-state index in [0.717, 1.165) is 19.4 Å². The van der Waals surface area contributed by atoms with Crippen LogP contribution in [0.4, 0.5) is 0 Å². The number of unbranched alkanes of at least 4 members (excludes halogenated alkanes) is 1. The van der Waals surface area contributed by atoms with Crippen molar-refractivity contribution >= 4 is 8.32 Å². The second kappa shape index (κ2) is 6.47. The fourth-order valence-corrected chi connectivity index (χ4v) is 2.34. The summed E-state index contributed by atoms with van der Waals surface area (Å²) in [7, 11) is -1.56. The Bertz CT molecular complexity index is 232. The number of rotatable bonds is 6. The summed E-state index contributed by atoms with van der Waals surface area (Å²) in [5, 5.41) is 0.311. The molecule has 0 aliphatic heterocycles. The highest BCUT2D eigenvalue weighted by atomic mass is 28.4. The van der Waals surface area contributed by atoms with E-state index >= 15 is 0 Å². The van der Waals surface area contributed by atoms with E-state index in [4.69, 9.17) is 10.8 Å². The molecule has 0 N–H and O–H groups in total. The zero-order chi connectivity index (χ0) is 12.8. The molecule has 0 saturated heterocycles. The van der Waals surface area contributed by atoms with Gasteiger partial charge in [0.2, 0.25) is 0 Å². The van der Waals surface area contributed by atoms with Gasteiger partial charge >= 0.3 is 0 Å². The lowest BCUT2D eigenvalue weighted by Gasteiger charge is -2.37. The van der Waals surface area contributed by atoms with Crippen molar-refractivity contribution in [2.75, 3.05) is 6.61 Å². The van der Waals surface area contributed by atoms with Crippen LogP contribution in [0.2, 0.25) is 18.1 Å². The Morgan fingerprint density at radius 3 is 2.31 bits per heavy atom. The van der Waals surface area contributed by atoms with Crippen molar-refractivity contribution in [1.82, 2.24) is 0 Å². The number of hydrogen-bond acceptors (Lipinski definition) is 1. The molecule has 1 nitrogen and oxygen atoms in total. The third kappa shape index (κ3) is 5.72. The van der Waals surface area contributed by atoms with E-state index in [9.17, 15) is 0 Å². The molecule has 0 bridgehead atoms. The van der Waals surface area contributed by atoms with Crippen molar-refractivity contribution in [3.63, 3.8) is 0 Å². The molecule has 0 aliphatic carbocycles. The summed E-state index contributed by atoms with van der Waals surface area (Å²) >= 11 is 0. The predicted molar refractivity (Wildman–Crippen MR) is 75.0 cm³/mol. The van der Waals surface area contributed by atoms with Crippen molar-refractivity contribution in [2.45, 2.75) is 65.1 Å². The molecule has 0 radical (unpaired) electrons. The van der Waals surface area contributed by atoms with Crippen LogP contribution in [-0.4, -0.2) is 14.9 Å². The van der Waals surface area contributed by atoms with E-state index in [0.29, 0.717) is 11.0 Å². The Hall–Kier alpha value is -0.263. The molecule has 1 unspecified atom stereocenters. The van der Waals surface area contributed by atoms with E-state index < -0.39 is 8.32 Å². The second-order valence-electron chi connectivity index (χ2n) is 6.27. The van der Waals surface area contributed by atoms with Gasteiger partial charge in [-0.3, -0.25) is 0 Å². The molecule has 0 fully saturated rings. The Kier molecular flexibility index (Phi) is 6.36. The van der Waals surface area contributed by atoms with Gasteiger partial charge in [-0.2, -0.15) is 0 Å². The lowest BCUT2D eigenvalue weighted by Crippen LogP contribution is -2.41. The highest BCUT2D eigenvalue weighted by molar-refractivity contribution is 6.74. The first-order chi connectivity index (χ1) is 7.20. The molecule has 16 heavy (non-hydrogen) atoms. The Morgan fingerprint density at radius 1 is 1.31 bits per heavy atom. The summed E-state index contributed by atoms with van der Waals surface area (Å²) in [4.78, 5) is 0. The van der Waals surface area contributed by atoms with E-state index in [-0.39, 0.29) is 0 Å². The molecule has 0 heterocycles. The molecule has 1 atom stereocenters. The normalized spacial score (nSPS) is 14.6. The van der Waals surface area contributed by atoms with Crippen LogP contribution in [0, 0.1) is 18.3 Å². The molecule has 0 aromatic carbocycles. The van der Waals surface area contributed by atoms with Gasteiger partial charge in [-0.25, -0.2) is 0 Å². The fourth-order valence-electron chi connectivity index (χ4n) is 1.20. The van der Waals surface area contributed by atoms with Gasteiger partial charge < -0.3 is 4.43 Å². The summed E-state index contributed by atoms with van der Waals surface area (Å²) in [5.74, 6) is 3.31. The minimum Gasteiger partial charge on any atom is -0.417 e. The first-order valence-corrected chi connectivity index (χ1v) is 9.19. The van der Waals surface area contributed by atoms with Crippen LogP contribution in [0.3, 0.4) is 0 Å². The molecule has 0 saturated carbocycles. The molecule has 0 aromatic rings. The van der Waals surface area contributed by atoms with Crippen molar-refractivity contribution in [3.8, 4) is 12.3 Å². The van der Waals surface area contributed by atoms with Crippen LogP contribution in [0.5, 0.6) is 0 Å². The molecular weight excluding hydrogens is 212 g/mol. The Morgan fingerprint density at radius 2 is 1.88 bits per heavy atom. The van der Waals surface area contributed by atoms with E-state index in [2.05, 4.69) is 46.7 Å². The standard InChI is InChI=1S/C14H28OSi/c1-8-9-10-11-13(2)12-15-16(6,7)14(3,4)5/h1,13H,9-12H2,2-7H3. The summed E-state index contributed by atoms with van der Waals surface area (Å²) in [5.41, 5.74) is 0.